The van der Waals surface area contributed by atoms with Crippen molar-refractivity contribution in [2.24, 2.45) is 5.92 Å². The van der Waals surface area contributed by atoms with Gasteiger partial charge in [0.25, 0.3) is 0 Å². The lowest BCUT2D eigenvalue weighted by Gasteiger charge is -2.22. The molecular formula is C24H24ClN3O2S. The van der Waals surface area contributed by atoms with Crippen LogP contribution in [0.15, 0.2) is 66.1 Å². The zero-order chi connectivity index (χ0) is 22.4. The number of aromatic nitrogens is 1. The van der Waals surface area contributed by atoms with Crippen LogP contribution in [0.25, 0.3) is 6.08 Å². The normalized spacial score (nSPS) is 12.2. The fourth-order valence-corrected chi connectivity index (χ4v) is 4.11. The van der Waals surface area contributed by atoms with Gasteiger partial charge in [-0.25, -0.2) is 4.98 Å². The third-order valence-corrected chi connectivity index (χ3v) is 5.73. The van der Waals surface area contributed by atoms with E-state index in [1.54, 1.807) is 11.0 Å². The zero-order valence-corrected chi connectivity index (χ0v) is 19.2. The maximum absolute atomic E-state index is 12.5. The highest BCUT2D eigenvalue weighted by atomic mass is 35.5. The number of thiazole rings is 1. The Labute approximate surface area is 191 Å². The van der Waals surface area contributed by atoms with Gasteiger partial charge in [-0.2, -0.15) is 0 Å². The number of nitrogens with one attached hydrogen (secondary N) is 1. The number of hydrogen-bond donors (Lipinski definition) is 1. The van der Waals surface area contributed by atoms with Crippen LogP contribution in [-0.4, -0.2) is 16.8 Å². The number of hydrogen-bond acceptors (Lipinski definition) is 4. The number of carbonyl (C=O) groups excluding carboxylic acids is 2. The molecule has 0 aliphatic heterocycles. The van der Waals surface area contributed by atoms with Gasteiger partial charge in [0.2, 0.25) is 11.8 Å². The summed E-state index contributed by atoms with van der Waals surface area (Å²) in [6.45, 7) is 5.60. The summed E-state index contributed by atoms with van der Waals surface area (Å²) in [5.41, 5.74) is 2.36. The molecule has 1 aromatic heterocycles. The molecule has 0 spiro atoms. The number of carbonyl (C=O) groups is 2. The summed E-state index contributed by atoms with van der Waals surface area (Å²) in [5.74, 6) is -0.134. The van der Waals surface area contributed by atoms with Gasteiger partial charge < -0.3 is 5.32 Å². The number of rotatable bonds is 7. The summed E-state index contributed by atoms with van der Waals surface area (Å²) in [6, 6.07) is 16.7. The summed E-state index contributed by atoms with van der Waals surface area (Å²) in [4.78, 5) is 30.7. The van der Waals surface area contributed by atoms with Crippen LogP contribution in [0, 0.1) is 5.92 Å². The second-order valence-corrected chi connectivity index (χ2v) is 8.63. The van der Waals surface area contributed by atoms with Crippen LogP contribution in [0.4, 0.5) is 10.8 Å². The van der Waals surface area contributed by atoms with Crippen LogP contribution in [0.2, 0.25) is 5.02 Å². The SMILES string of the molecule is CC(=O)N(c1ccccc1)c1nc(/C=C/C(=O)NC(c2ccc(Cl)cc2)C(C)C)cs1. The van der Waals surface area contributed by atoms with E-state index in [1.807, 2.05) is 60.0 Å². The maximum Gasteiger partial charge on any atom is 0.244 e. The molecule has 5 nitrogen and oxygen atoms in total. The van der Waals surface area contributed by atoms with E-state index in [9.17, 15) is 9.59 Å². The van der Waals surface area contributed by atoms with E-state index in [2.05, 4.69) is 24.1 Å². The zero-order valence-electron chi connectivity index (χ0n) is 17.6. The van der Waals surface area contributed by atoms with Crippen molar-refractivity contribution in [1.82, 2.24) is 10.3 Å². The van der Waals surface area contributed by atoms with Gasteiger partial charge in [0.1, 0.15) is 0 Å². The number of halogens is 1. The molecule has 0 aliphatic rings. The molecule has 31 heavy (non-hydrogen) atoms. The fourth-order valence-electron chi connectivity index (χ4n) is 3.13. The van der Waals surface area contributed by atoms with Gasteiger partial charge in [0, 0.05) is 23.4 Å². The molecular weight excluding hydrogens is 430 g/mol. The molecule has 0 saturated heterocycles. The summed E-state index contributed by atoms with van der Waals surface area (Å²) in [6.07, 6.45) is 3.11. The topological polar surface area (TPSA) is 62.3 Å². The molecule has 0 fully saturated rings. The maximum atomic E-state index is 12.5. The standard InChI is InChI=1S/C24H24ClN3O2S/c1-16(2)23(18-9-11-19(25)12-10-18)27-22(30)14-13-20-15-31-24(26-20)28(17(3)29)21-7-5-4-6-8-21/h4-16,23H,1-3H3,(H,27,30)/b14-13+. The van der Waals surface area contributed by atoms with E-state index in [-0.39, 0.29) is 23.8 Å². The van der Waals surface area contributed by atoms with Crippen molar-refractivity contribution in [2.75, 3.05) is 4.90 Å². The lowest BCUT2D eigenvalue weighted by molar-refractivity contribution is -0.117. The molecule has 1 atom stereocenters. The second-order valence-electron chi connectivity index (χ2n) is 7.36. The molecule has 0 radical (unpaired) electrons. The van der Waals surface area contributed by atoms with Crippen molar-refractivity contribution in [1.29, 1.82) is 0 Å². The Balaban J connectivity index is 1.71. The van der Waals surface area contributed by atoms with E-state index in [0.29, 0.717) is 15.8 Å². The average molecular weight is 454 g/mol. The molecule has 0 saturated carbocycles. The number of amides is 2. The minimum absolute atomic E-state index is 0.128. The van der Waals surface area contributed by atoms with E-state index < -0.39 is 0 Å². The quantitative estimate of drug-likeness (QED) is 0.445. The van der Waals surface area contributed by atoms with Crippen LogP contribution < -0.4 is 10.2 Å². The Morgan fingerprint density at radius 3 is 2.39 bits per heavy atom. The van der Waals surface area contributed by atoms with Crippen LogP contribution in [0.3, 0.4) is 0 Å². The van der Waals surface area contributed by atoms with E-state index in [4.69, 9.17) is 11.6 Å². The first kappa shape index (κ1) is 22.7. The Kier molecular flexibility index (Phi) is 7.60. The highest BCUT2D eigenvalue weighted by molar-refractivity contribution is 7.14. The van der Waals surface area contributed by atoms with Gasteiger partial charge in [-0.15, -0.1) is 11.3 Å². The van der Waals surface area contributed by atoms with Gasteiger partial charge in [-0.1, -0.05) is 55.8 Å². The molecule has 3 aromatic rings. The Hall–Kier alpha value is -2.96. The summed E-state index contributed by atoms with van der Waals surface area (Å²) < 4.78 is 0. The molecule has 2 aromatic carbocycles. The number of anilines is 2. The van der Waals surface area contributed by atoms with Gasteiger partial charge in [-0.3, -0.25) is 14.5 Å². The van der Waals surface area contributed by atoms with E-state index >= 15 is 0 Å². The van der Waals surface area contributed by atoms with Crippen LogP contribution in [-0.2, 0) is 9.59 Å². The van der Waals surface area contributed by atoms with Crippen molar-refractivity contribution in [2.45, 2.75) is 26.8 Å². The predicted octanol–water partition coefficient (Wildman–Crippen LogP) is 6.01. The number of benzene rings is 2. The van der Waals surface area contributed by atoms with Crippen molar-refractivity contribution in [3.8, 4) is 0 Å². The molecule has 1 N–H and O–H groups in total. The first-order valence-corrected chi connectivity index (χ1v) is 11.2. The highest BCUT2D eigenvalue weighted by Crippen LogP contribution is 2.29. The van der Waals surface area contributed by atoms with Crippen molar-refractivity contribution < 1.29 is 9.59 Å². The largest absolute Gasteiger partial charge is 0.345 e. The Morgan fingerprint density at radius 2 is 1.77 bits per heavy atom. The second kappa shape index (κ2) is 10.4. The molecule has 0 bridgehead atoms. The molecule has 160 valence electrons. The Morgan fingerprint density at radius 1 is 1.10 bits per heavy atom. The van der Waals surface area contributed by atoms with Crippen molar-refractivity contribution >= 4 is 51.6 Å². The minimum atomic E-state index is -0.213. The average Bonchev–Trinajstić information content (AvgIpc) is 3.20. The van der Waals surface area contributed by atoms with E-state index in [0.717, 1.165) is 11.3 Å². The molecule has 3 rings (SSSR count). The lowest BCUT2D eigenvalue weighted by atomic mass is 9.96. The summed E-state index contributed by atoms with van der Waals surface area (Å²) in [7, 11) is 0. The van der Waals surface area contributed by atoms with Crippen LogP contribution >= 0.6 is 22.9 Å². The minimum Gasteiger partial charge on any atom is -0.345 e. The van der Waals surface area contributed by atoms with Gasteiger partial charge >= 0.3 is 0 Å². The van der Waals surface area contributed by atoms with Gasteiger partial charge in [0.15, 0.2) is 5.13 Å². The smallest absolute Gasteiger partial charge is 0.244 e. The van der Waals surface area contributed by atoms with E-state index in [1.165, 1.54) is 24.3 Å². The van der Waals surface area contributed by atoms with Crippen molar-refractivity contribution in [3.63, 3.8) is 0 Å². The third kappa shape index (κ3) is 6.03. The molecule has 0 aliphatic carbocycles. The lowest BCUT2D eigenvalue weighted by Crippen LogP contribution is -2.30. The van der Waals surface area contributed by atoms with Crippen LogP contribution in [0.1, 0.15) is 38.1 Å². The predicted molar refractivity (Wildman–Crippen MR) is 128 cm³/mol. The molecule has 7 heteroatoms. The summed E-state index contributed by atoms with van der Waals surface area (Å²) >= 11 is 7.32. The molecule has 1 unspecified atom stereocenters. The van der Waals surface area contributed by atoms with Gasteiger partial charge in [-0.05, 0) is 41.8 Å². The summed E-state index contributed by atoms with van der Waals surface area (Å²) in [5, 5.41) is 6.07. The molecule has 2 amide bonds. The first-order valence-electron chi connectivity index (χ1n) is 9.90. The first-order chi connectivity index (χ1) is 14.8. The number of para-hydroxylation sites is 1. The Bertz CT molecular complexity index is 1060. The molecule has 1 heterocycles. The highest BCUT2D eigenvalue weighted by Gasteiger charge is 2.18. The third-order valence-electron chi connectivity index (χ3n) is 4.63. The fraction of sp³-hybridized carbons (Fsp3) is 0.208. The monoisotopic (exact) mass is 453 g/mol. The van der Waals surface area contributed by atoms with Crippen molar-refractivity contribution in [3.05, 3.63) is 82.3 Å². The number of nitrogens with zero attached hydrogens (tertiary/aromatic N) is 2. The van der Waals surface area contributed by atoms with Crippen LogP contribution in [0.5, 0.6) is 0 Å². The van der Waals surface area contributed by atoms with Gasteiger partial charge in [0.05, 0.1) is 17.4 Å².